The number of nitrogens with one attached hydrogen (secondary N) is 2. The molecule has 3 N–H and O–H groups in total. The van der Waals surface area contributed by atoms with Crippen molar-refractivity contribution in [2.45, 2.75) is 45.2 Å². The fraction of sp³-hybridized carbons (Fsp3) is 0.706. The van der Waals surface area contributed by atoms with Gasteiger partial charge in [0.1, 0.15) is 0 Å². The molecule has 0 aliphatic carbocycles. The molecule has 0 aromatic carbocycles. The van der Waals surface area contributed by atoms with Gasteiger partial charge in [0.15, 0.2) is 0 Å². The third-order valence-corrected chi connectivity index (χ3v) is 5.44. The van der Waals surface area contributed by atoms with E-state index in [9.17, 15) is 4.79 Å². The van der Waals surface area contributed by atoms with E-state index in [-0.39, 0.29) is 24.7 Å². The Bertz CT molecular complexity index is 458. The van der Waals surface area contributed by atoms with E-state index in [1.165, 1.54) is 17.7 Å². The van der Waals surface area contributed by atoms with Gasteiger partial charge in [-0.15, -0.1) is 11.3 Å². The lowest BCUT2D eigenvalue weighted by Gasteiger charge is -2.28. The molecule has 1 aliphatic heterocycles. The first-order valence-electron chi connectivity index (χ1n) is 8.54. The summed E-state index contributed by atoms with van der Waals surface area (Å²) >= 11 is 1.75. The third kappa shape index (κ3) is 5.48. The number of urea groups is 1. The van der Waals surface area contributed by atoms with Crippen LogP contribution < -0.4 is 10.6 Å². The second-order valence-electron chi connectivity index (χ2n) is 6.49. The summed E-state index contributed by atoms with van der Waals surface area (Å²) in [5.41, 5.74) is 0. The van der Waals surface area contributed by atoms with Crippen molar-refractivity contribution in [3.05, 3.63) is 22.4 Å². The van der Waals surface area contributed by atoms with Crippen LogP contribution >= 0.6 is 11.3 Å². The van der Waals surface area contributed by atoms with Gasteiger partial charge in [0.2, 0.25) is 0 Å². The zero-order valence-corrected chi connectivity index (χ0v) is 14.9. The number of rotatable bonds is 8. The lowest BCUT2D eigenvalue weighted by atomic mass is 10.0. The van der Waals surface area contributed by atoms with Gasteiger partial charge in [-0.1, -0.05) is 19.9 Å². The second kappa shape index (κ2) is 9.25. The van der Waals surface area contributed by atoms with Crippen molar-refractivity contribution < 1.29 is 9.90 Å². The molecule has 23 heavy (non-hydrogen) atoms. The minimum atomic E-state index is -0.141. The Morgan fingerprint density at radius 1 is 1.39 bits per heavy atom. The van der Waals surface area contributed by atoms with Crippen LogP contribution in [0.1, 0.15) is 44.0 Å². The topological polar surface area (TPSA) is 64.6 Å². The van der Waals surface area contributed by atoms with Crippen LogP contribution in [0.15, 0.2) is 17.5 Å². The van der Waals surface area contributed by atoms with Crippen LogP contribution in [-0.4, -0.2) is 48.3 Å². The van der Waals surface area contributed by atoms with E-state index in [0.717, 1.165) is 13.1 Å². The number of amides is 2. The molecule has 6 heteroatoms. The molecule has 0 bridgehead atoms. The van der Waals surface area contributed by atoms with E-state index in [4.69, 9.17) is 5.11 Å². The molecule has 2 unspecified atom stereocenters. The fourth-order valence-electron chi connectivity index (χ4n) is 3.06. The van der Waals surface area contributed by atoms with E-state index in [2.05, 4.69) is 46.9 Å². The standard InChI is InChI=1S/C17H29N3O2S/c1-13(2)14(7-10-21)19-17(22)18-12-15(16-6-5-11-23-16)20-8-3-4-9-20/h5-6,11,13-15,21H,3-4,7-10,12H2,1-2H3,(H2,18,19,22). The Labute approximate surface area is 143 Å². The number of aliphatic hydroxyl groups is 1. The van der Waals surface area contributed by atoms with Crippen LogP contribution in [0, 0.1) is 5.92 Å². The van der Waals surface area contributed by atoms with Gasteiger partial charge >= 0.3 is 6.03 Å². The molecular formula is C17H29N3O2S. The summed E-state index contributed by atoms with van der Waals surface area (Å²) in [6.45, 7) is 7.03. The highest BCUT2D eigenvalue weighted by Crippen LogP contribution is 2.27. The van der Waals surface area contributed by atoms with Gasteiger partial charge in [0.05, 0.1) is 6.04 Å². The van der Waals surface area contributed by atoms with Crippen molar-refractivity contribution in [1.29, 1.82) is 0 Å². The van der Waals surface area contributed by atoms with Crippen LogP contribution in [0.25, 0.3) is 0 Å². The third-order valence-electron chi connectivity index (χ3n) is 4.47. The van der Waals surface area contributed by atoms with Crippen molar-refractivity contribution >= 4 is 17.4 Å². The van der Waals surface area contributed by atoms with Crippen molar-refractivity contribution in [2.75, 3.05) is 26.2 Å². The maximum Gasteiger partial charge on any atom is 0.315 e. The van der Waals surface area contributed by atoms with Crippen molar-refractivity contribution in [1.82, 2.24) is 15.5 Å². The summed E-state index contributed by atoms with van der Waals surface area (Å²) < 4.78 is 0. The number of hydrogen-bond donors (Lipinski definition) is 3. The molecule has 0 spiro atoms. The van der Waals surface area contributed by atoms with Gasteiger partial charge < -0.3 is 15.7 Å². The summed E-state index contributed by atoms with van der Waals surface area (Å²) in [6.07, 6.45) is 3.06. The number of likely N-dealkylation sites (tertiary alicyclic amines) is 1. The molecule has 1 fully saturated rings. The first kappa shape index (κ1) is 18.2. The maximum atomic E-state index is 12.2. The lowest BCUT2D eigenvalue weighted by Crippen LogP contribution is -2.47. The number of hydrogen-bond acceptors (Lipinski definition) is 4. The molecule has 1 aromatic heterocycles. The molecule has 1 aromatic rings. The van der Waals surface area contributed by atoms with Gasteiger partial charge in [-0.2, -0.15) is 0 Å². The van der Waals surface area contributed by atoms with E-state index in [1.807, 2.05) is 0 Å². The molecule has 2 atom stereocenters. The highest BCUT2D eigenvalue weighted by molar-refractivity contribution is 7.10. The molecule has 5 nitrogen and oxygen atoms in total. The zero-order valence-electron chi connectivity index (χ0n) is 14.1. The van der Waals surface area contributed by atoms with E-state index in [0.29, 0.717) is 18.9 Å². The monoisotopic (exact) mass is 339 g/mol. The summed E-state index contributed by atoms with van der Waals surface area (Å²) in [4.78, 5) is 16.0. The Balaban J connectivity index is 1.89. The molecule has 2 heterocycles. The predicted octanol–water partition coefficient (Wildman–Crippen LogP) is 2.59. The summed E-state index contributed by atoms with van der Waals surface area (Å²) in [5.74, 6) is 0.305. The lowest BCUT2D eigenvalue weighted by molar-refractivity contribution is 0.209. The molecule has 1 aliphatic rings. The van der Waals surface area contributed by atoms with Crippen LogP contribution in [0.4, 0.5) is 4.79 Å². The van der Waals surface area contributed by atoms with E-state index >= 15 is 0 Å². The molecule has 0 saturated carbocycles. The highest BCUT2D eigenvalue weighted by atomic mass is 32.1. The molecular weight excluding hydrogens is 310 g/mol. The van der Waals surface area contributed by atoms with Crippen LogP contribution in [-0.2, 0) is 0 Å². The average molecular weight is 340 g/mol. The molecule has 130 valence electrons. The van der Waals surface area contributed by atoms with Crippen LogP contribution in [0.2, 0.25) is 0 Å². The number of carbonyl (C=O) groups is 1. The Hall–Kier alpha value is -1.11. The van der Waals surface area contributed by atoms with Gasteiger partial charge in [-0.05, 0) is 49.7 Å². The molecule has 2 amide bonds. The fourth-order valence-corrected chi connectivity index (χ4v) is 3.92. The van der Waals surface area contributed by atoms with Crippen molar-refractivity contribution in [2.24, 2.45) is 5.92 Å². The smallest absolute Gasteiger partial charge is 0.315 e. The van der Waals surface area contributed by atoms with Crippen molar-refractivity contribution in [3.8, 4) is 0 Å². The van der Waals surface area contributed by atoms with E-state index < -0.39 is 0 Å². The molecule has 2 rings (SSSR count). The molecule has 0 radical (unpaired) electrons. The Morgan fingerprint density at radius 2 is 2.13 bits per heavy atom. The van der Waals surface area contributed by atoms with Gasteiger partial charge in [-0.3, -0.25) is 4.90 Å². The number of thiophene rings is 1. The number of nitrogens with zero attached hydrogens (tertiary/aromatic N) is 1. The Morgan fingerprint density at radius 3 is 2.70 bits per heavy atom. The summed E-state index contributed by atoms with van der Waals surface area (Å²) in [7, 11) is 0. The number of carbonyl (C=O) groups excluding carboxylic acids is 1. The van der Waals surface area contributed by atoms with Gasteiger partial charge in [0.25, 0.3) is 0 Å². The van der Waals surface area contributed by atoms with Crippen LogP contribution in [0.5, 0.6) is 0 Å². The minimum absolute atomic E-state index is 0.00646. The second-order valence-corrected chi connectivity index (χ2v) is 7.47. The maximum absolute atomic E-state index is 12.2. The predicted molar refractivity (Wildman–Crippen MR) is 94.7 cm³/mol. The number of aliphatic hydroxyl groups excluding tert-OH is 1. The normalized spacial score (nSPS) is 18.1. The SMILES string of the molecule is CC(C)C(CCO)NC(=O)NCC(c1cccs1)N1CCCC1. The highest BCUT2D eigenvalue weighted by Gasteiger charge is 2.25. The quantitative estimate of drug-likeness (QED) is 0.682. The Kier molecular flexibility index (Phi) is 7.33. The minimum Gasteiger partial charge on any atom is -0.396 e. The van der Waals surface area contributed by atoms with Gasteiger partial charge in [0, 0.05) is 24.1 Å². The summed E-state index contributed by atoms with van der Waals surface area (Å²) in [6, 6.07) is 4.35. The van der Waals surface area contributed by atoms with E-state index in [1.54, 1.807) is 11.3 Å². The van der Waals surface area contributed by atoms with Crippen molar-refractivity contribution in [3.63, 3.8) is 0 Å². The first-order valence-corrected chi connectivity index (χ1v) is 9.42. The van der Waals surface area contributed by atoms with Crippen LogP contribution in [0.3, 0.4) is 0 Å². The molecule has 1 saturated heterocycles. The summed E-state index contributed by atoms with van der Waals surface area (Å²) in [5, 5.41) is 17.2. The van der Waals surface area contributed by atoms with Gasteiger partial charge in [-0.25, -0.2) is 4.79 Å². The average Bonchev–Trinajstić information content (AvgIpc) is 3.20. The largest absolute Gasteiger partial charge is 0.396 e. The first-order chi connectivity index (χ1) is 11.1. The zero-order chi connectivity index (χ0) is 16.7.